The van der Waals surface area contributed by atoms with Crippen molar-refractivity contribution in [3.63, 3.8) is 0 Å². The molecule has 4 heteroatoms. The minimum absolute atomic E-state index is 0.00397. The predicted octanol–water partition coefficient (Wildman–Crippen LogP) is 4.89. The number of hydrogen-bond acceptors (Lipinski definition) is 2. The fourth-order valence-electron chi connectivity index (χ4n) is 4.08. The van der Waals surface area contributed by atoms with Crippen molar-refractivity contribution in [1.29, 1.82) is 0 Å². The molecule has 0 radical (unpaired) electrons. The SMILES string of the molecule is Cc1ccc2c(c1)[C@@H](c1ccccc1)N(C(=O)CCCc1ccccc1)CC(=O)N2. The Labute approximate surface area is 177 Å². The van der Waals surface area contributed by atoms with Crippen LogP contribution in [0.4, 0.5) is 5.69 Å². The van der Waals surface area contributed by atoms with E-state index < -0.39 is 0 Å². The van der Waals surface area contributed by atoms with E-state index in [4.69, 9.17) is 0 Å². The van der Waals surface area contributed by atoms with E-state index in [-0.39, 0.29) is 24.4 Å². The second kappa shape index (κ2) is 8.95. The molecule has 1 heterocycles. The molecule has 0 bridgehead atoms. The molecule has 1 aliphatic rings. The average Bonchev–Trinajstić information content (AvgIpc) is 2.90. The van der Waals surface area contributed by atoms with E-state index in [2.05, 4.69) is 23.5 Å². The maximum Gasteiger partial charge on any atom is 0.244 e. The number of amides is 2. The van der Waals surface area contributed by atoms with Crippen molar-refractivity contribution < 1.29 is 9.59 Å². The van der Waals surface area contributed by atoms with Crippen molar-refractivity contribution in [3.05, 3.63) is 101 Å². The van der Waals surface area contributed by atoms with Gasteiger partial charge in [0.05, 0.1) is 6.04 Å². The summed E-state index contributed by atoms with van der Waals surface area (Å²) in [6, 6.07) is 25.8. The van der Waals surface area contributed by atoms with Gasteiger partial charge >= 0.3 is 0 Å². The second-order valence-corrected chi connectivity index (χ2v) is 7.81. The number of hydrogen-bond donors (Lipinski definition) is 1. The highest BCUT2D eigenvalue weighted by molar-refractivity contribution is 5.97. The van der Waals surface area contributed by atoms with Gasteiger partial charge in [-0.25, -0.2) is 0 Å². The van der Waals surface area contributed by atoms with Crippen LogP contribution >= 0.6 is 0 Å². The molecule has 3 aromatic rings. The number of aryl methyl sites for hydroxylation is 2. The van der Waals surface area contributed by atoms with Gasteiger partial charge in [-0.05, 0) is 37.0 Å². The molecule has 0 saturated carbocycles. The predicted molar refractivity (Wildman–Crippen MR) is 119 cm³/mol. The van der Waals surface area contributed by atoms with Gasteiger partial charge in [-0.15, -0.1) is 0 Å². The van der Waals surface area contributed by atoms with E-state index in [1.165, 1.54) is 5.56 Å². The highest BCUT2D eigenvalue weighted by Gasteiger charge is 2.33. The molecule has 4 rings (SSSR count). The van der Waals surface area contributed by atoms with Gasteiger partial charge in [-0.3, -0.25) is 9.59 Å². The number of nitrogens with zero attached hydrogens (tertiary/aromatic N) is 1. The van der Waals surface area contributed by atoms with Gasteiger partial charge in [-0.1, -0.05) is 78.4 Å². The van der Waals surface area contributed by atoms with Crippen LogP contribution in [0.1, 0.15) is 41.1 Å². The lowest BCUT2D eigenvalue weighted by molar-refractivity contribution is -0.136. The summed E-state index contributed by atoms with van der Waals surface area (Å²) in [5.41, 5.74) is 5.07. The first-order chi connectivity index (χ1) is 14.6. The normalized spacial score (nSPS) is 15.8. The molecule has 1 N–H and O–H groups in total. The van der Waals surface area contributed by atoms with Crippen molar-refractivity contribution in [2.45, 2.75) is 32.2 Å². The summed E-state index contributed by atoms with van der Waals surface area (Å²) < 4.78 is 0. The Kier molecular flexibility index (Phi) is 5.94. The average molecular weight is 399 g/mol. The number of nitrogens with one attached hydrogen (secondary N) is 1. The standard InChI is InChI=1S/C26H26N2O2/c1-19-15-16-23-22(17-19)26(21-12-6-3-7-13-21)28(18-24(29)27-23)25(30)14-8-11-20-9-4-2-5-10-20/h2-7,9-10,12-13,15-17,26H,8,11,14,18H2,1H3,(H,27,29)/t26-/m1/s1. The molecule has 0 aromatic heterocycles. The smallest absolute Gasteiger partial charge is 0.244 e. The summed E-state index contributed by atoms with van der Waals surface area (Å²) in [5.74, 6) is -0.153. The maximum atomic E-state index is 13.3. The molecule has 1 aliphatic heterocycles. The van der Waals surface area contributed by atoms with Crippen molar-refractivity contribution in [2.24, 2.45) is 0 Å². The van der Waals surface area contributed by atoms with Crippen molar-refractivity contribution in [3.8, 4) is 0 Å². The zero-order valence-electron chi connectivity index (χ0n) is 17.2. The monoisotopic (exact) mass is 398 g/mol. The first-order valence-corrected chi connectivity index (χ1v) is 10.4. The van der Waals surface area contributed by atoms with Gasteiger partial charge in [0.25, 0.3) is 0 Å². The molecule has 0 aliphatic carbocycles. The molecule has 4 nitrogen and oxygen atoms in total. The van der Waals surface area contributed by atoms with Crippen LogP contribution in [0, 0.1) is 6.92 Å². The minimum Gasteiger partial charge on any atom is -0.324 e. The van der Waals surface area contributed by atoms with E-state index in [1.807, 2.05) is 67.6 Å². The van der Waals surface area contributed by atoms with Gasteiger partial charge < -0.3 is 10.2 Å². The topological polar surface area (TPSA) is 49.4 Å². The number of fused-ring (bicyclic) bond motifs is 1. The number of anilines is 1. The second-order valence-electron chi connectivity index (χ2n) is 7.81. The fourth-order valence-corrected chi connectivity index (χ4v) is 4.08. The molecule has 0 saturated heterocycles. The lowest BCUT2D eigenvalue weighted by atomic mass is 9.94. The van der Waals surface area contributed by atoms with Crippen molar-refractivity contribution in [1.82, 2.24) is 4.90 Å². The molecule has 30 heavy (non-hydrogen) atoms. The van der Waals surface area contributed by atoms with Gasteiger partial charge in [0.2, 0.25) is 11.8 Å². The molecular formula is C26H26N2O2. The Balaban J connectivity index is 1.63. The largest absolute Gasteiger partial charge is 0.324 e. The zero-order valence-corrected chi connectivity index (χ0v) is 17.2. The molecular weight excluding hydrogens is 372 g/mol. The third-order valence-electron chi connectivity index (χ3n) is 5.54. The highest BCUT2D eigenvalue weighted by Crippen LogP contribution is 2.36. The van der Waals surface area contributed by atoms with Crippen LogP contribution in [0.2, 0.25) is 0 Å². The van der Waals surface area contributed by atoms with Gasteiger partial charge in [-0.2, -0.15) is 0 Å². The van der Waals surface area contributed by atoms with Crippen LogP contribution in [0.5, 0.6) is 0 Å². The van der Waals surface area contributed by atoms with Gasteiger partial charge in [0, 0.05) is 17.7 Å². The number of carbonyl (C=O) groups excluding carboxylic acids is 2. The Morgan fingerprint density at radius 3 is 2.43 bits per heavy atom. The molecule has 0 spiro atoms. The molecule has 2 amide bonds. The van der Waals surface area contributed by atoms with Crippen molar-refractivity contribution >= 4 is 17.5 Å². The lowest BCUT2D eigenvalue weighted by Crippen LogP contribution is -2.38. The summed E-state index contributed by atoms with van der Waals surface area (Å²) in [7, 11) is 0. The van der Waals surface area contributed by atoms with Crippen LogP contribution in [0.15, 0.2) is 78.9 Å². The molecule has 0 fully saturated rings. The number of benzene rings is 3. The zero-order chi connectivity index (χ0) is 20.9. The van der Waals surface area contributed by atoms with Gasteiger partial charge in [0.15, 0.2) is 0 Å². The number of rotatable bonds is 5. The molecule has 152 valence electrons. The first kappa shape index (κ1) is 19.9. The van der Waals surface area contributed by atoms with E-state index in [9.17, 15) is 9.59 Å². The molecule has 3 aromatic carbocycles. The molecule has 1 atom stereocenters. The molecule has 0 unspecified atom stereocenters. The maximum absolute atomic E-state index is 13.3. The van der Waals surface area contributed by atoms with Gasteiger partial charge in [0.1, 0.15) is 6.54 Å². The van der Waals surface area contributed by atoms with E-state index in [1.54, 1.807) is 4.90 Å². The minimum atomic E-state index is -0.288. The summed E-state index contributed by atoms with van der Waals surface area (Å²) in [6.45, 7) is 2.08. The van der Waals surface area contributed by atoms with Crippen molar-refractivity contribution in [2.75, 3.05) is 11.9 Å². The summed E-state index contributed by atoms with van der Waals surface area (Å²) in [4.78, 5) is 27.7. The van der Waals surface area contributed by atoms with Crippen LogP contribution < -0.4 is 5.32 Å². The number of carbonyl (C=O) groups is 2. The third kappa shape index (κ3) is 4.43. The Bertz CT molecular complexity index is 1030. The first-order valence-electron chi connectivity index (χ1n) is 10.4. The van der Waals surface area contributed by atoms with E-state index in [0.29, 0.717) is 6.42 Å². The van der Waals surface area contributed by atoms with Crippen LogP contribution in [-0.4, -0.2) is 23.3 Å². The van der Waals surface area contributed by atoms with Crippen LogP contribution in [-0.2, 0) is 16.0 Å². The summed E-state index contributed by atoms with van der Waals surface area (Å²) in [5, 5.41) is 2.98. The summed E-state index contributed by atoms with van der Waals surface area (Å²) in [6.07, 6.45) is 2.01. The lowest BCUT2D eigenvalue weighted by Gasteiger charge is -2.31. The fraction of sp³-hybridized carbons (Fsp3) is 0.231. The Morgan fingerprint density at radius 2 is 1.70 bits per heavy atom. The Hall–Kier alpha value is -3.40. The van der Waals surface area contributed by atoms with E-state index in [0.717, 1.165) is 35.2 Å². The highest BCUT2D eigenvalue weighted by atomic mass is 16.2. The Morgan fingerprint density at radius 1 is 1.00 bits per heavy atom. The third-order valence-corrected chi connectivity index (χ3v) is 5.54. The van der Waals surface area contributed by atoms with Crippen LogP contribution in [0.3, 0.4) is 0 Å². The quantitative estimate of drug-likeness (QED) is 0.665. The van der Waals surface area contributed by atoms with E-state index >= 15 is 0 Å². The summed E-state index contributed by atoms with van der Waals surface area (Å²) >= 11 is 0. The van der Waals surface area contributed by atoms with Crippen LogP contribution in [0.25, 0.3) is 0 Å².